The Bertz CT molecular complexity index is 376. The minimum atomic E-state index is 0.136. The van der Waals surface area contributed by atoms with Crippen LogP contribution in [0.2, 0.25) is 5.02 Å². The lowest BCUT2D eigenvalue weighted by Crippen LogP contribution is -2.27. The number of rotatable bonds is 2. The van der Waals surface area contributed by atoms with Gasteiger partial charge in [0.25, 0.3) is 0 Å². The molecule has 1 saturated heterocycles. The van der Waals surface area contributed by atoms with Gasteiger partial charge >= 0.3 is 0 Å². The average molecular weight is 242 g/mol. The van der Waals surface area contributed by atoms with Crippen molar-refractivity contribution in [1.29, 1.82) is 0 Å². The van der Waals surface area contributed by atoms with Crippen LogP contribution in [-0.4, -0.2) is 18.8 Å². The van der Waals surface area contributed by atoms with Gasteiger partial charge in [-0.3, -0.25) is 0 Å². The zero-order valence-electron chi connectivity index (χ0n) is 9.29. The molecule has 0 aromatic heterocycles. The molecule has 1 aliphatic rings. The van der Waals surface area contributed by atoms with E-state index in [4.69, 9.17) is 16.3 Å². The maximum Gasteiger partial charge on any atom is 0.164 e. The van der Waals surface area contributed by atoms with E-state index in [2.05, 4.69) is 5.32 Å². The van der Waals surface area contributed by atoms with Crippen molar-refractivity contribution in [1.82, 2.24) is 5.32 Å². The highest BCUT2D eigenvalue weighted by Crippen LogP contribution is 2.40. The van der Waals surface area contributed by atoms with E-state index in [9.17, 15) is 5.11 Å². The van der Waals surface area contributed by atoms with E-state index >= 15 is 0 Å². The second-order valence-electron chi connectivity index (χ2n) is 4.01. The maximum absolute atomic E-state index is 10.1. The maximum atomic E-state index is 10.1. The molecular formula is C12H16ClNO2. The van der Waals surface area contributed by atoms with Crippen molar-refractivity contribution in [2.24, 2.45) is 0 Å². The molecule has 0 bridgehead atoms. The SMILES string of the molecule is COc1ccc(Cl)c(C2CCCCN2)c1O. The van der Waals surface area contributed by atoms with Gasteiger partial charge in [0.1, 0.15) is 0 Å². The van der Waals surface area contributed by atoms with Gasteiger partial charge in [0.15, 0.2) is 11.5 Å². The van der Waals surface area contributed by atoms with E-state index in [-0.39, 0.29) is 11.8 Å². The molecule has 1 aromatic rings. The molecule has 1 heterocycles. The number of piperidine rings is 1. The van der Waals surface area contributed by atoms with Crippen LogP contribution in [0.1, 0.15) is 30.9 Å². The first-order valence-corrected chi connectivity index (χ1v) is 5.90. The largest absolute Gasteiger partial charge is 0.504 e. The fourth-order valence-electron chi connectivity index (χ4n) is 2.16. The average Bonchev–Trinajstić information content (AvgIpc) is 2.31. The van der Waals surface area contributed by atoms with Crippen molar-refractivity contribution in [3.8, 4) is 11.5 Å². The molecule has 1 fully saturated rings. The zero-order chi connectivity index (χ0) is 11.5. The van der Waals surface area contributed by atoms with Crippen molar-refractivity contribution in [2.75, 3.05) is 13.7 Å². The number of aromatic hydroxyl groups is 1. The third-order valence-corrected chi connectivity index (χ3v) is 3.34. The molecule has 0 amide bonds. The van der Waals surface area contributed by atoms with Crippen LogP contribution in [0.3, 0.4) is 0 Å². The molecule has 4 heteroatoms. The molecule has 1 aromatic carbocycles. The lowest BCUT2D eigenvalue weighted by atomic mass is 9.96. The first-order valence-electron chi connectivity index (χ1n) is 5.52. The van der Waals surface area contributed by atoms with E-state index in [1.165, 1.54) is 6.42 Å². The number of phenols is 1. The number of halogens is 1. The highest BCUT2D eigenvalue weighted by molar-refractivity contribution is 6.31. The third-order valence-electron chi connectivity index (χ3n) is 3.01. The molecule has 88 valence electrons. The molecule has 0 saturated carbocycles. The Morgan fingerprint density at radius 3 is 2.88 bits per heavy atom. The van der Waals surface area contributed by atoms with Crippen molar-refractivity contribution >= 4 is 11.6 Å². The Morgan fingerprint density at radius 2 is 2.25 bits per heavy atom. The minimum absolute atomic E-state index is 0.136. The summed E-state index contributed by atoms with van der Waals surface area (Å²) in [7, 11) is 1.54. The molecule has 0 aliphatic carbocycles. The molecule has 2 N–H and O–H groups in total. The first-order chi connectivity index (χ1) is 7.74. The Balaban J connectivity index is 2.37. The van der Waals surface area contributed by atoms with Crippen LogP contribution in [0, 0.1) is 0 Å². The summed E-state index contributed by atoms with van der Waals surface area (Å²) in [5.74, 6) is 0.640. The number of hydrogen-bond acceptors (Lipinski definition) is 3. The predicted octanol–water partition coefficient (Wildman–Crippen LogP) is 2.87. The van der Waals surface area contributed by atoms with E-state index < -0.39 is 0 Å². The van der Waals surface area contributed by atoms with E-state index in [1.807, 2.05) is 0 Å². The van der Waals surface area contributed by atoms with Gasteiger partial charge in [0, 0.05) is 16.6 Å². The van der Waals surface area contributed by atoms with Crippen molar-refractivity contribution in [3.63, 3.8) is 0 Å². The van der Waals surface area contributed by atoms with Gasteiger partial charge in [-0.1, -0.05) is 18.0 Å². The molecule has 1 unspecified atom stereocenters. The second-order valence-corrected chi connectivity index (χ2v) is 4.42. The number of ether oxygens (including phenoxy) is 1. The molecule has 2 rings (SSSR count). The molecule has 1 aliphatic heterocycles. The van der Waals surface area contributed by atoms with Gasteiger partial charge in [-0.05, 0) is 31.5 Å². The van der Waals surface area contributed by atoms with E-state index in [0.717, 1.165) is 24.9 Å². The van der Waals surface area contributed by atoms with Crippen LogP contribution in [0.15, 0.2) is 12.1 Å². The van der Waals surface area contributed by atoms with Gasteiger partial charge < -0.3 is 15.2 Å². The second kappa shape index (κ2) is 4.93. The summed E-state index contributed by atoms with van der Waals surface area (Å²) in [6.07, 6.45) is 3.34. The Hall–Kier alpha value is -0.930. The molecule has 0 radical (unpaired) electrons. The summed E-state index contributed by atoms with van der Waals surface area (Å²) in [6, 6.07) is 3.59. The van der Waals surface area contributed by atoms with Crippen molar-refractivity contribution in [2.45, 2.75) is 25.3 Å². The molecule has 16 heavy (non-hydrogen) atoms. The Kier molecular flexibility index (Phi) is 3.56. The van der Waals surface area contributed by atoms with Gasteiger partial charge in [-0.2, -0.15) is 0 Å². The van der Waals surface area contributed by atoms with Crippen LogP contribution < -0.4 is 10.1 Å². The van der Waals surface area contributed by atoms with Crippen LogP contribution in [0.5, 0.6) is 11.5 Å². The quantitative estimate of drug-likeness (QED) is 0.837. The van der Waals surface area contributed by atoms with Crippen molar-refractivity contribution < 1.29 is 9.84 Å². The summed E-state index contributed by atoms with van der Waals surface area (Å²) in [6.45, 7) is 0.970. The monoisotopic (exact) mass is 241 g/mol. The van der Waals surface area contributed by atoms with Crippen LogP contribution >= 0.6 is 11.6 Å². The minimum Gasteiger partial charge on any atom is -0.504 e. The lowest BCUT2D eigenvalue weighted by molar-refractivity contribution is 0.355. The van der Waals surface area contributed by atoms with Gasteiger partial charge in [0.05, 0.1) is 7.11 Å². The fourth-order valence-corrected chi connectivity index (χ4v) is 2.44. The Labute approximate surface area is 100 Å². The summed E-state index contributed by atoms with van der Waals surface area (Å²) >= 11 is 6.14. The number of methoxy groups -OCH3 is 1. The summed E-state index contributed by atoms with van der Waals surface area (Å²) in [5, 5.41) is 14.0. The molecular weight excluding hydrogens is 226 g/mol. The first kappa shape index (κ1) is 11.6. The predicted molar refractivity (Wildman–Crippen MR) is 64.3 cm³/mol. The highest BCUT2D eigenvalue weighted by atomic mass is 35.5. The lowest BCUT2D eigenvalue weighted by Gasteiger charge is -2.25. The van der Waals surface area contributed by atoms with Gasteiger partial charge in [-0.15, -0.1) is 0 Å². The smallest absolute Gasteiger partial charge is 0.164 e. The molecule has 1 atom stereocenters. The number of benzene rings is 1. The van der Waals surface area contributed by atoms with Crippen LogP contribution in [-0.2, 0) is 0 Å². The number of phenolic OH excluding ortho intramolecular Hbond substituents is 1. The topological polar surface area (TPSA) is 41.5 Å². The molecule has 3 nitrogen and oxygen atoms in total. The zero-order valence-corrected chi connectivity index (χ0v) is 10.0. The highest BCUT2D eigenvalue weighted by Gasteiger charge is 2.22. The number of hydrogen-bond donors (Lipinski definition) is 2. The van der Waals surface area contributed by atoms with Crippen LogP contribution in [0.25, 0.3) is 0 Å². The van der Waals surface area contributed by atoms with E-state index in [0.29, 0.717) is 10.8 Å². The fraction of sp³-hybridized carbons (Fsp3) is 0.500. The standard InChI is InChI=1S/C12H16ClNO2/c1-16-10-6-5-8(13)11(12(10)15)9-4-2-3-7-14-9/h5-6,9,14-15H,2-4,7H2,1H3. The van der Waals surface area contributed by atoms with Gasteiger partial charge in [0.2, 0.25) is 0 Å². The normalized spacial score (nSPS) is 20.8. The third kappa shape index (κ3) is 2.11. The summed E-state index contributed by atoms with van der Waals surface area (Å²) in [4.78, 5) is 0. The molecule has 0 spiro atoms. The van der Waals surface area contributed by atoms with Crippen LogP contribution in [0.4, 0.5) is 0 Å². The van der Waals surface area contributed by atoms with Crippen molar-refractivity contribution in [3.05, 3.63) is 22.7 Å². The summed E-state index contributed by atoms with van der Waals surface area (Å²) < 4.78 is 5.10. The summed E-state index contributed by atoms with van der Waals surface area (Å²) in [5.41, 5.74) is 0.765. The van der Waals surface area contributed by atoms with Gasteiger partial charge in [-0.25, -0.2) is 0 Å². The van der Waals surface area contributed by atoms with E-state index in [1.54, 1.807) is 19.2 Å². The Morgan fingerprint density at radius 1 is 1.44 bits per heavy atom. The number of nitrogens with one attached hydrogen (secondary N) is 1.